The van der Waals surface area contributed by atoms with Crippen LogP contribution < -0.4 is 0 Å². The third kappa shape index (κ3) is 2.47. The standard InChI is InChI=1S/C14H21ClN4O/c1-6-19-11(14(15)9(3)17-19)7-12(20)13-8(2)16-18(5)10(13)4/h12,20H,6-7H2,1-5H3. The van der Waals surface area contributed by atoms with E-state index in [2.05, 4.69) is 10.2 Å². The second-order valence-electron chi connectivity index (χ2n) is 5.09. The number of rotatable bonds is 4. The Morgan fingerprint density at radius 2 is 1.85 bits per heavy atom. The van der Waals surface area contributed by atoms with Crippen molar-refractivity contribution in [3.05, 3.63) is 33.4 Å². The Bertz CT molecular complexity index is 630. The van der Waals surface area contributed by atoms with Crippen molar-refractivity contribution < 1.29 is 5.11 Å². The smallest absolute Gasteiger partial charge is 0.0881 e. The van der Waals surface area contributed by atoms with Crippen LogP contribution in [0, 0.1) is 20.8 Å². The number of aliphatic hydroxyl groups is 1. The summed E-state index contributed by atoms with van der Waals surface area (Å²) < 4.78 is 3.64. The zero-order chi connectivity index (χ0) is 15.0. The summed E-state index contributed by atoms with van der Waals surface area (Å²) in [5.41, 5.74) is 4.39. The van der Waals surface area contributed by atoms with E-state index in [4.69, 9.17) is 11.6 Å². The Labute approximate surface area is 124 Å². The largest absolute Gasteiger partial charge is 0.388 e. The van der Waals surface area contributed by atoms with Gasteiger partial charge in [0, 0.05) is 31.3 Å². The molecule has 6 heteroatoms. The van der Waals surface area contributed by atoms with Crippen LogP contribution in [0.2, 0.25) is 5.02 Å². The summed E-state index contributed by atoms with van der Waals surface area (Å²) >= 11 is 6.29. The van der Waals surface area contributed by atoms with Crippen LogP contribution in [0.3, 0.4) is 0 Å². The molecular formula is C14H21ClN4O. The molecule has 20 heavy (non-hydrogen) atoms. The topological polar surface area (TPSA) is 55.9 Å². The Morgan fingerprint density at radius 3 is 2.35 bits per heavy atom. The monoisotopic (exact) mass is 296 g/mol. The maximum absolute atomic E-state index is 10.5. The van der Waals surface area contributed by atoms with Crippen LogP contribution in [0.4, 0.5) is 0 Å². The van der Waals surface area contributed by atoms with E-state index in [0.717, 1.165) is 34.9 Å². The molecule has 110 valence electrons. The molecule has 2 heterocycles. The van der Waals surface area contributed by atoms with Gasteiger partial charge in [-0.15, -0.1) is 0 Å². The van der Waals surface area contributed by atoms with Gasteiger partial charge in [0.15, 0.2) is 0 Å². The van der Waals surface area contributed by atoms with E-state index >= 15 is 0 Å². The lowest BCUT2D eigenvalue weighted by Gasteiger charge is -2.13. The molecule has 0 aliphatic carbocycles. The van der Waals surface area contributed by atoms with Crippen LogP contribution in [-0.2, 0) is 20.0 Å². The Hall–Kier alpha value is -1.33. The van der Waals surface area contributed by atoms with Gasteiger partial charge in [-0.1, -0.05) is 11.6 Å². The Morgan fingerprint density at radius 1 is 1.20 bits per heavy atom. The predicted molar refractivity (Wildman–Crippen MR) is 79.0 cm³/mol. The molecule has 1 atom stereocenters. The minimum Gasteiger partial charge on any atom is -0.388 e. The van der Waals surface area contributed by atoms with Gasteiger partial charge in [0.1, 0.15) is 0 Å². The average molecular weight is 297 g/mol. The van der Waals surface area contributed by atoms with Gasteiger partial charge < -0.3 is 5.11 Å². The quantitative estimate of drug-likeness (QED) is 0.943. The van der Waals surface area contributed by atoms with Gasteiger partial charge in [0.25, 0.3) is 0 Å². The molecule has 0 aliphatic rings. The lowest BCUT2D eigenvalue weighted by atomic mass is 10.0. The van der Waals surface area contributed by atoms with Crippen LogP contribution in [0.1, 0.15) is 41.4 Å². The first kappa shape index (κ1) is 15.1. The van der Waals surface area contributed by atoms with Crippen LogP contribution in [0.25, 0.3) is 0 Å². The maximum atomic E-state index is 10.5. The first-order valence-corrected chi connectivity index (χ1v) is 7.14. The van der Waals surface area contributed by atoms with E-state index in [1.807, 2.05) is 39.4 Å². The van der Waals surface area contributed by atoms with Gasteiger partial charge in [-0.3, -0.25) is 9.36 Å². The molecular weight excluding hydrogens is 276 g/mol. The van der Waals surface area contributed by atoms with E-state index in [0.29, 0.717) is 11.4 Å². The average Bonchev–Trinajstić information content (AvgIpc) is 2.80. The summed E-state index contributed by atoms with van der Waals surface area (Å²) in [5, 5.41) is 19.9. The molecule has 0 radical (unpaired) electrons. The van der Waals surface area contributed by atoms with Crippen molar-refractivity contribution in [3.8, 4) is 0 Å². The van der Waals surface area contributed by atoms with Crippen molar-refractivity contribution in [2.24, 2.45) is 7.05 Å². The maximum Gasteiger partial charge on any atom is 0.0881 e. The van der Waals surface area contributed by atoms with Crippen LogP contribution in [0.5, 0.6) is 0 Å². The summed E-state index contributed by atoms with van der Waals surface area (Å²) in [4.78, 5) is 0. The highest BCUT2D eigenvalue weighted by atomic mass is 35.5. The predicted octanol–water partition coefficient (Wildman–Crippen LogP) is 2.49. The highest BCUT2D eigenvalue weighted by molar-refractivity contribution is 6.31. The second-order valence-corrected chi connectivity index (χ2v) is 5.47. The first-order chi connectivity index (χ1) is 9.36. The van der Waals surface area contributed by atoms with Gasteiger partial charge in [0.05, 0.1) is 28.2 Å². The van der Waals surface area contributed by atoms with E-state index in [1.165, 1.54) is 0 Å². The number of hydrogen-bond acceptors (Lipinski definition) is 3. The zero-order valence-electron chi connectivity index (χ0n) is 12.6. The summed E-state index contributed by atoms with van der Waals surface area (Å²) in [7, 11) is 1.88. The molecule has 0 saturated heterocycles. The molecule has 5 nitrogen and oxygen atoms in total. The van der Waals surface area contributed by atoms with Crippen LogP contribution in [0.15, 0.2) is 0 Å². The minimum absolute atomic E-state index is 0.445. The van der Waals surface area contributed by atoms with Crippen molar-refractivity contribution in [1.82, 2.24) is 19.6 Å². The summed E-state index contributed by atoms with van der Waals surface area (Å²) in [6.07, 6.45) is -0.177. The van der Waals surface area contributed by atoms with Gasteiger partial charge in [-0.25, -0.2) is 0 Å². The molecule has 0 bridgehead atoms. The Kier molecular flexibility index (Phi) is 4.20. The molecule has 0 fully saturated rings. The molecule has 0 aliphatic heterocycles. The summed E-state index contributed by atoms with van der Waals surface area (Å²) in [5.74, 6) is 0. The number of hydrogen-bond donors (Lipinski definition) is 1. The van der Waals surface area contributed by atoms with Crippen LogP contribution in [-0.4, -0.2) is 24.7 Å². The van der Waals surface area contributed by atoms with E-state index in [-0.39, 0.29) is 0 Å². The third-order valence-corrected chi connectivity index (χ3v) is 4.23. The third-order valence-electron chi connectivity index (χ3n) is 3.74. The van der Waals surface area contributed by atoms with Crippen molar-refractivity contribution in [2.75, 3.05) is 0 Å². The molecule has 0 aromatic carbocycles. The number of aryl methyl sites for hydroxylation is 4. The molecule has 0 amide bonds. The van der Waals surface area contributed by atoms with E-state index in [9.17, 15) is 5.11 Å². The van der Waals surface area contributed by atoms with Crippen molar-refractivity contribution in [1.29, 1.82) is 0 Å². The molecule has 1 N–H and O–H groups in total. The fourth-order valence-electron chi connectivity index (χ4n) is 2.62. The Balaban J connectivity index is 2.35. The normalized spacial score (nSPS) is 12.9. The van der Waals surface area contributed by atoms with Crippen molar-refractivity contribution in [2.45, 2.75) is 46.8 Å². The lowest BCUT2D eigenvalue weighted by molar-refractivity contribution is 0.174. The molecule has 0 saturated carbocycles. The lowest BCUT2D eigenvalue weighted by Crippen LogP contribution is -2.10. The molecule has 2 rings (SSSR count). The summed E-state index contributed by atoms with van der Waals surface area (Å²) in [6.45, 7) is 8.50. The van der Waals surface area contributed by atoms with Gasteiger partial charge in [-0.2, -0.15) is 10.2 Å². The van der Waals surface area contributed by atoms with Crippen molar-refractivity contribution in [3.63, 3.8) is 0 Å². The minimum atomic E-state index is -0.623. The molecule has 0 spiro atoms. The van der Waals surface area contributed by atoms with Crippen LogP contribution >= 0.6 is 11.6 Å². The fraction of sp³-hybridized carbons (Fsp3) is 0.571. The first-order valence-electron chi connectivity index (χ1n) is 6.76. The number of aliphatic hydroxyl groups excluding tert-OH is 1. The van der Waals surface area contributed by atoms with Gasteiger partial charge in [0.2, 0.25) is 0 Å². The second kappa shape index (κ2) is 5.58. The molecule has 1 unspecified atom stereocenters. The SMILES string of the molecule is CCn1nc(C)c(Cl)c1CC(O)c1c(C)nn(C)c1C. The van der Waals surface area contributed by atoms with Crippen molar-refractivity contribution >= 4 is 11.6 Å². The molecule has 2 aromatic rings. The number of aromatic nitrogens is 4. The zero-order valence-corrected chi connectivity index (χ0v) is 13.4. The number of nitrogens with zero attached hydrogens (tertiary/aromatic N) is 4. The summed E-state index contributed by atoms with van der Waals surface area (Å²) in [6, 6.07) is 0. The molecule has 2 aromatic heterocycles. The van der Waals surface area contributed by atoms with Gasteiger partial charge in [-0.05, 0) is 27.7 Å². The van der Waals surface area contributed by atoms with Gasteiger partial charge >= 0.3 is 0 Å². The fourth-order valence-corrected chi connectivity index (χ4v) is 2.83. The van der Waals surface area contributed by atoms with E-state index in [1.54, 1.807) is 4.68 Å². The highest BCUT2D eigenvalue weighted by Gasteiger charge is 2.22. The highest BCUT2D eigenvalue weighted by Crippen LogP contribution is 2.28. The number of halogens is 1. The van der Waals surface area contributed by atoms with E-state index < -0.39 is 6.10 Å².